The molecule has 67 heavy (non-hydrogen) atoms. The van der Waals surface area contributed by atoms with Crippen LogP contribution in [0.1, 0.15) is 60.5 Å². The van der Waals surface area contributed by atoms with Crippen LogP contribution in [0.2, 0.25) is 0 Å². The number of aliphatic imine (C=N–C) groups is 3. The summed E-state index contributed by atoms with van der Waals surface area (Å²) in [6.07, 6.45) is 1.85. The third-order valence-corrected chi connectivity index (χ3v) is 14.0. The summed E-state index contributed by atoms with van der Waals surface area (Å²) in [5.41, 5.74) is -4.36. The van der Waals surface area contributed by atoms with Crippen LogP contribution in [-0.4, -0.2) is 131 Å². The number of hydrogen-bond acceptors (Lipinski definition) is 17. The standard InChI is InChI=1S/C48H48N4O15/c49-37-14-13-29(52-37)39(56)36(21-53)63-25-11-9-23(10-12-25)33-18-32(55)38-34(64-33)19-35(41(40(38)57)67-47-16-3-5-24(47)4-1-6-26-27(47)7-2-8-31(26)54)65-45-46(61)17-15-28(30-20-50-22-51-30)48(62,44(46)60)42(66-45)43(58)59/h2,7-15,17-19,22,24,28,33,36,39,42,44-45,49,53-57,60-62H,1,3-6,16,20-21H2,(H,58,59)/t24-,28-,33?,36+,39-,42-,44+,45-,46-,47-,48-/m1/s1. The molecule has 1 saturated carbocycles. The second-order valence-electron chi connectivity index (χ2n) is 17.8. The second-order valence-corrected chi connectivity index (χ2v) is 17.8. The van der Waals surface area contributed by atoms with E-state index in [0.29, 0.717) is 36.0 Å². The fraction of sp³-hybridized carbons (Fsp3) is 0.396. The van der Waals surface area contributed by atoms with Crippen LogP contribution in [0.25, 0.3) is 5.76 Å². The molecule has 0 radical (unpaired) electrons. The van der Waals surface area contributed by atoms with Gasteiger partial charge in [0, 0.05) is 29.2 Å². The summed E-state index contributed by atoms with van der Waals surface area (Å²) in [7, 11) is 0. The highest BCUT2D eigenvalue weighted by molar-refractivity contribution is 6.15. The number of aliphatic carboxylic acids is 1. The molecule has 19 heteroatoms. The van der Waals surface area contributed by atoms with Crippen molar-refractivity contribution in [1.82, 2.24) is 0 Å². The molecule has 0 amide bonds. The SMILES string of the molecule is N=C1C=CC([C@@H](O)[C@H](CO)Oc2ccc(C3C=C(O)c4c(cc(O[C@@H]5O[C@H](C(=O)O)[C@]6(O)[C@@H](C7=NC=NC7)C=C[C@@]5(O)[C@@H]6O)c(O[C@]56CCC[C@H]5CCCc5c(O)cccc56)c4O)O3)cc2)=N1. The Balaban J connectivity index is 1.03. The number of phenols is 2. The molecule has 3 aliphatic carbocycles. The highest BCUT2D eigenvalue weighted by Gasteiger charge is 2.70. The normalized spacial score (nSPS) is 32.1. The van der Waals surface area contributed by atoms with E-state index in [9.17, 15) is 50.8 Å². The predicted octanol–water partition coefficient (Wildman–Crippen LogP) is 3.31. The van der Waals surface area contributed by atoms with E-state index in [1.54, 1.807) is 36.4 Å². The highest BCUT2D eigenvalue weighted by Crippen LogP contribution is 2.59. The molecule has 350 valence electrons. The second kappa shape index (κ2) is 16.6. The van der Waals surface area contributed by atoms with E-state index in [1.165, 1.54) is 36.7 Å². The number of benzene rings is 3. The Morgan fingerprint density at radius 3 is 2.55 bits per heavy atom. The molecule has 0 spiro atoms. The maximum Gasteiger partial charge on any atom is 0.336 e. The zero-order chi connectivity index (χ0) is 47.0. The molecule has 3 aromatic rings. The molecule has 10 N–H and O–H groups in total. The van der Waals surface area contributed by atoms with Crippen molar-refractivity contribution in [2.75, 3.05) is 13.2 Å². The van der Waals surface area contributed by atoms with Crippen molar-refractivity contribution < 1.29 is 74.4 Å². The first kappa shape index (κ1) is 44.2. The van der Waals surface area contributed by atoms with Crippen LogP contribution in [-0.2, 0) is 21.6 Å². The van der Waals surface area contributed by atoms with Gasteiger partial charge < -0.3 is 69.6 Å². The quantitative estimate of drug-likeness (QED) is 0.117. The Hall–Kier alpha value is -6.61. The number of hydrogen-bond donors (Lipinski definition) is 10. The molecule has 0 aromatic heterocycles. The van der Waals surface area contributed by atoms with Gasteiger partial charge in [-0.2, -0.15) is 0 Å². The first-order valence-corrected chi connectivity index (χ1v) is 22.0. The Bertz CT molecular complexity index is 2720. The number of carbonyl (C=O) groups is 1. The van der Waals surface area contributed by atoms with Crippen molar-refractivity contribution in [2.24, 2.45) is 26.8 Å². The number of fused-ring (bicyclic) bond motifs is 6. The Morgan fingerprint density at radius 1 is 1.04 bits per heavy atom. The molecule has 1 unspecified atom stereocenters. The van der Waals surface area contributed by atoms with Gasteiger partial charge in [0.25, 0.3) is 0 Å². The van der Waals surface area contributed by atoms with Gasteiger partial charge in [-0.15, -0.1) is 0 Å². The van der Waals surface area contributed by atoms with Crippen LogP contribution in [0, 0.1) is 17.2 Å². The summed E-state index contributed by atoms with van der Waals surface area (Å²) in [5, 5.41) is 110. The molecule has 3 aromatic carbocycles. The fourth-order valence-electron chi connectivity index (χ4n) is 10.7. The van der Waals surface area contributed by atoms with E-state index in [0.717, 1.165) is 25.3 Å². The van der Waals surface area contributed by atoms with E-state index in [1.807, 2.05) is 6.07 Å². The average Bonchev–Trinajstić information content (AvgIpc) is 4.08. The highest BCUT2D eigenvalue weighted by atomic mass is 16.7. The molecule has 11 atom stereocenters. The van der Waals surface area contributed by atoms with E-state index in [-0.39, 0.29) is 64.0 Å². The van der Waals surface area contributed by atoms with Crippen LogP contribution in [0.15, 0.2) is 93.9 Å². The molecular formula is C48H48N4O15. The number of amidine groups is 1. The number of aliphatic hydroxyl groups is 6. The molecule has 4 aliphatic heterocycles. The number of nitrogens with one attached hydrogen (secondary N) is 1. The minimum absolute atomic E-state index is 0.00403. The van der Waals surface area contributed by atoms with Crippen molar-refractivity contribution >= 4 is 35.3 Å². The molecule has 10 rings (SSSR count). The Kier molecular flexibility index (Phi) is 11.0. The van der Waals surface area contributed by atoms with Crippen LogP contribution in [0.3, 0.4) is 0 Å². The molecule has 2 bridgehead atoms. The summed E-state index contributed by atoms with van der Waals surface area (Å²) in [5.74, 6) is -4.64. The lowest BCUT2D eigenvalue weighted by Gasteiger charge is -2.55. The van der Waals surface area contributed by atoms with Crippen LogP contribution < -0.4 is 18.9 Å². The van der Waals surface area contributed by atoms with Crippen molar-refractivity contribution in [1.29, 1.82) is 5.41 Å². The molecule has 7 aliphatic rings. The number of phenolic OH excluding ortho intramolecular Hbond substituents is 2. The van der Waals surface area contributed by atoms with Gasteiger partial charge >= 0.3 is 5.97 Å². The van der Waals surface area contributed by atoms with Crippen LogP contribution >= 0.6 is 0 Å². The molecular weight excluding hydrogens is 873 g/mol. The maximum atomic E-state index is 12.9. The predicted molar refractivity (Wildman–Crippen MR) is 237 cm³/mol. The number of carboxylic acids is 1. The van der Waals surface area contributed by atoms with Crippen molar-refractivity contribution in [2.45, 2.75) is 92.1 Å². The number of aromatic hydroxyl groups is 2. The zero-order valence-corrected chi connectivity index (χ0v) is 35.7. The minimum Gasteiger partial charge on any atom is -0.508 e. The molecule has 2 fully saturated rings. The smallest absolute Gasteiger partial charge is 0.336 e. The van der Waals surface area contributed by atoms with Crippen LogP contribution in [0.4, 0.5) is 0 Å². The molecule has 4 heterocycles. The third-order valence-electron chi connectivity index (χ3n) is 14.0. The number of nitrogens with zero attached hydrogens (tertiary/aromatic N) is 3. The van der Waals surface area contributed by atoms with Crippen molar-refractivity contribution in [3.63, 3.8) is 0 Å². The van der Waals surface area contributed by atoms with E-state index < -0.39 is 83.6 Å². The van der Waals surface area contributed by atoms with Gasteiger partial charge in [0.2, 0.25) is 12.0 Å². The Labute approximate surface area is 382 Å². The summed E-state index contributed by atoms with van der Waals surface area (Å²) < 4.78 is 31.6. The number of carboxylic acid groups (broad SMARTS) is 1. The topological polar surface area (TPSA) is 306 Å². The largest absolute Gasteiger partial charge is 0.508 e. The van der Waals surface area contributed by atoms with Crippen LogP contribution in [0.5, 0.6) is 34.5 Å². The summed E-state index contributed by atoms with van der Waals surface area (Å²) in [4.78, 5) is 25.0. The van der Waals surface area contributed by atoms with Gasteiger partial charge in [-0.3, -0.25) is 10.4 Å². The third kappa shape index (κ3) is 7.15. The van der Waals surface area contributed by atoms with Gasteiger partial charge in [0.15, 0.2) is 29.3 Å². The summed E-state index contributed by atoms with van der Waals surface area (Å²) >= 11 is 0. The minimum atomic E-state index is -2.65. The number of ether oxygens (including phenoxy) is 5. The first-order valence-electron chi connectivity index (χ1n) is 22.0. The lowest BCUT2D eigenvalue weighted by Crippen LogP contribution is -2.78. The summed E-state index contributed by atoms with van der Waals surface area (Å²) in [6, 6.07) is 12.8. The maximum absolute atomic E-state index is 12.9. The van der Waals surface area contributed by atoms with Gasteiger partial charge in [0.05, 0.1) is 30.5 Å². The van der Waals surface area contributed by atoms with E-state index in [4.69, 9.17) is 29.1 Å². The molecule has 19 nitrogen and oxygen atoms in total. The van der Waals surface area contributed by atoms with E-state index in [2.05, 4.69) is 15.0 Å². The Morgan fingerprint density at radius 2 is 1.84 bits per heavy atom. The average molecular weight is 921 g/mol. The fourth-order valence-corrected chi connectivity index (χ4v) is 10.7. The van der Waals surface area contributed by atoms with Gasteiger partial charge in [-0.25, -0.2) is 14.8 Å². The van der Waals surface area contributed by atoms with E-state index >= 15 is 0 Å². The van der Waals surface area contributed by atoms with Crippen molar-refractivity contribution in [3.05, 3.63) is 101 Å². The number of aliphatic hydroxyl groups excluding tert-OH is 4. The van der Waals surface area contributed by atoms with Crippen molar-refractivity contribution in [3.8, 4) is 34.5 Å². The van der Waals surface area contributed by atoms with Gasteiger partial charge in [-0.1, -0.05) is 30.3 Å². The lowest BCUT2D eigenvalue weighted by molar-refractivity contribution is -0.337. The molecule has 1 saturated heterocycles. The summed E-state index contributed by atoms with van der Waals surface area (Å²) in [6.45, 7) is -0.565. The van der Waals surface area contributed by atoms with Gasteiger partial charge in [0.1, 0.15) is 70.3 Å². The first-order chi connectivity index (χ1) is 32.2. The van der Waals surface area contributed by atoms with Gasteiger partial charge in [-0.05, 0) is 80.5 Å². The monoisotopic (exact) mass is 920 g/mol. The number of rotatable bonds is 12. The lowest BCUT2D eigenvalue weighted by atomic mass is 9.64. The zero-order valence-electron chi connectivity index (χ0n) is 35.7.